The van der Waals surface area contributed by atoms with Gasteiger partial charge in [0.1, 0.15) is 5.75 Å². The summed E-state index contributed by atoms with van der Waals surface area (Å²) in [6.45, 7) is 5.34. The number of hydrogen-bond acceptors (Lipinski definition) is 4. The number of methoxy groups -OCH3 is 1. The highest BCUT2D eigenvalue weighted by molar-refractivity contribution is 6.06. The molecule has 3 rings (SSSR count). The first-order valence-electron chi connectivity index (χ1n) is 9.50. The van der Waals surface area contributed by atoms with Gasteiger partial charge in [0, 0.05) is 25.2 Å². The lowest BCUT2D eigenvalue weighted by Gasteiger charge is -2.20. The van der Waals surface area contributed by atoms with Crippen molar-refractivity contribution in [2.24, 2.45) is 0 Å². The van der Waals surface area contributed by atoms with Crippen molar-refractivity contribution in [1.29, 1.82) is 0 Å². The molecule has 1 aliphatic heterocycles. The van der Waals surface area contributed by atoms with Gasteiger partial charge >= 0.3 is 0 Å². The Kier molecular flexibility index (Phi) is 6.80. The van der Waals surface area contributed by atoms with E-state index in [1.807, 2.05) is 48.5 Å². The van der Waals surface area contributed by atoms with Crippen LogP contribution in [0.2, 0.25) is 0 Å². The van der Waals surface area contributed by atoms with E-state index in [1.54, 1.807) is 13.2 Å². The molecule has 142 valence electrons. The first-order valence-corrected chi connectivity index (χ1v) is 9.50. The van der Waals surface area contributed by atoms with Crippen LogP contribution in [0.25, 0.3) is 6.08 Å². The van der Waals surface area contributed by atoms with E-state index in [2.05, 4.69) is 22.9 Å². The van der Waals surface area contributed by atoms with E-state index in [-0.39, 0.29) is 5.78 Å². The number of carbonyl (C=O) groups is 1. The molecule has 1 saturated heterocycles. The van der Waals surface area contributed by atoms with Gasteiger partial charge in [0.25, 0.3) is 0 Å². The Bertz CT molecular complexity index is 783. The molecule has 0 radical (unpaired) electrons. The molecule has 1 fully saturated rings. The molecular formula is C23H28N2O2. The van der Waals surface area contributed by atoms with Crippen LogP contribution in [0.5, 0.6) is 5.75 Å². The van der Waals surface area contributed by atoms with Crippen LogP contribution in [0, 0.1) is 0 Å². The maximum Gasteiger partial charge on any atom is 0.185 e. The van der Waals surface area contributed by atoms with Gasteiger partial charge in [0.2, 0.25) is 0 Å². The third-order valence-electron chi connectivity index (χ3n) is 4.97. The Morgan fingerprint density at radius 3 is 2.67 bits per heavy atom. The monoisotopic (exact) mass is 364 g/mol. The van der Waals surface area contributed by atoms with Crippen LogP contribution in [-0.2, 0) is 6.54 Å². The van der Waals surface area contributed by atoms with E-state index in [4.69, 9.17) is 4.74 Å². The zero-order valence-electron chi connectivity index (χ0n) is 16.2. The summed E-state index contributed by atoms with van der Waals surface area (Å²) in [6, 6.07) is 15.7. The topological polar surface area (TPSA) is 32.8 Å². The second kappa shape index (κ2) is 9.49. The normalized spacial score (nSPS) is 16.4. The minimum Gasteiger partial charge on any atom is -0.497 e. The largest absolute Gasteiger partial charge is 0.497 e. The van der Waals surface area contributed by atoms with E-state index >= 15 is 0 Å². The molecule has 1 aliphatic rings. The molecule has 4 heteroatoms. The summed E-state index contributed by atoms with van der Waals surface area (Å²) in [5.74, 6) is 0.842. The third kappa shape index (κ3) is 5.78. The van der Waals surface area contributed by atoms with Gasteiger partial charge in [0.15, 0.2) is 5.78 Å². The van der Waals surface area contributed by atoms with Crippen LogP contribution in [0.4, 0.5) is 0 Å². The summed E-state index contributed by atoms with van der Waals surface area (Å²) < 4.78 is 5.16. The molecule has 27 heavy (non-hydrogen) atoms. The smallest absolute Gasteiger partial charge is 0.185 e. The highest BCUT2D eigenvalue weighted by Gasteiger charge is 2.13. The number of benzene rings is 2. The van der Waals surface area contributed by atoms with Crippen molar-refractivity contribution in [2.75, 3.05) is 40.3 Å². The average Bonchev–Trinajstić information content (AvgIpc) is 2.91. The van der Waals surface area contributed by atoms with Gasteiger partial charge in [0.05, 0.1) is 7.11 Å². The fraction of sp³-hybridized carbons (Fsp3) is 0.348. The summed E-state index contributed by atoms with van der Waals surface area (Å²) in [5.41, 5.74) is 2.92. The Morgan fingerprint density at radius 2 is 1.89 bits per heavy atom. The van der Waals surface area contributed by atoms with Crippen LogP contribution in [-0.4, -0.2) is 55.9 Å². The SMILES string of the molecule is COc1ccc(/C=C/C(=O)c2cccc(CN3CCCN(C)CC3)c2)cc1. The average molecular weight is 364 g/mol. The predicted molar refractivity (Wildman–Crippen MR) is 110 cm³/mol. The molecule has 2 aromatic carbocycles. The van der Waals surface area contributed by atoms with Crippen LogP contribution in [0.1, 0.15) is 27.9 Å². The van der Waals surface area contributed by atoms with E-state index in [0.29, 0.717) is 0 Å². The molecule has 0 unspecified atom stereocenters. The molecule has 0 N–H and O–H groups in total. The zero-order valence-corrected chi connectivity index (χ0v) is 16.2. The van der Waals surface area contributed by atoms with Crippen molar-refractivity contribution in [2.45, 2.75) is 13.0 Å². The molecule has 0 atom stereocenters. The predicted octanol–water partition coefficient (Wildman–Crippen LogP) is 3.73. The van der Waals surface area contributed by atoms with Gasteiger partial charge in [-0.15, -0.1) is 0 Å². The second-order valence-electron chi connectivity index (χ2n) is 7.10. The van der Waals surface area contributed by atoms with Crippen LogP contribution in [0.15, 0.2) is 54.6 Å². The van der Waals surface area contributed by atoms with Crippen molar-refractivity contribution in [3.05, 3.63) is 71.3 Å². The van der Waals surface area contributed by atoms with Crippen LogP contribution >= 0.6 is 0 Å². The van der Waals surface area contributed by atoms with E-state index < -0.39 is 0 Å². The number of carbonyl (C=O) groups excluding carboxylic acids is 1. The highest BCUT2D eigenvalue weighted by atomic mass is 16.5. The number of allylic oxidation sites excluding steroid dienone is 1. The molecule has 0 spiro atoms. The second-order valence-corrected chi connectivity index (χ2v) is 7.10. The Morgan fingerprint density at radius 1 is 1.07 bits per heavy atom. The Balaban J connectivity index is 1.63. The van der Waals surface area contributed by atoms with Gasteiger partial charge in [-0.3, -0.25) is 9.69 Å². The van der Waals surface area contributed by atoms with Gasteiger partial charge in [-0.2, -0.15) is 0 Å². The van der Waals surface area contributed by atoms with Gasteiger partial charge < -0.3 is 9.64 Å². The minimum absolute atomic E-state index is 0.0308. The quantitative estimate of drug-likeness (QED) is 0.578. The number of likely N-dealkylation sites (N-methyl/N-ethyl adjacent to an activating group) is 1. The molecule has 4 nitrogen and oxygen atoms in total. The number of ketones is 1. The van der Waals surface area contributed by atoms with E-state index in [9.17, 15) is 4.79 Å². The molecule has 2 aromatic rings. The summed E-state index contributed by atoms with van der Waals surface area (Å²) in [6.07, 6.45) is 4.68. The van der Waals surface area contributed by atoms with Gasteiger partial charge in [-0.1, -0.05) is 36.4 Å². The summed E-state index contributed by atoms with van der Waals surface area (Å²) >= 11 is 0. The molecule has 0 amide bonds. The fourth-order valence-electron chi connectivity index (χ4n) is 3.32. The van der Waals surface area contributed by atoms with Crippen LogP contribution in [0.3, 0.4) is 0 Å². The molecule has 0 aromatic heterocycles. The summed E-state index contributed by atoms with van der Waals surface area (Å²) in [4.78, 5) is 17.4. The van der Waals surface area contributed by atoms with Crippen molar-refractivity contribution in [3.8, 4) is 5.75 Å². The molecule has 1 heterocycles. The summed E-state index contributed by atoms with van der Waals surface area (Å²) in [7, 11) is 3.82. The van der Waals surface area contributed by atoms with Gasteiger partial charge in [-0.25, -0.2) is 0 Å². The summed E-state index contributed by atoms with van der Waals surface area (Å²) in [5, 5.41) is 0. The Labute approximate surface area is 162 Å². The van der Waals surface area contributed by atoms with Crippen molar-refractivity contribution in [1.82, 2.24) is 9.80 Å². The Hall–Kier alpha value is -2.43. The highest BCUT2D eigenvalue weighted by Crippen LogP contribution is 2.14. The van der Waals surface area contributed by atoms with Crippen molar-refractivity contribution in [3.63, 3.8) is 0 Å². The number of rotatable bonds is 6. The fourth-order valence-corrected chi connectivity index (χ4v) is 3.32. The lowest BCUT2D eigenvalue weighted by atomic mass is 10.1. The maximum absolute atomic E-state index is 12.6. The molecule has 0 saturated carbocycles. The van der Waals surface area contributed by atoms with E-state index in [1.165, 1.54) is 12.0 Å². The molecule has 0 bridgehead atoms. The lowest BCUT2D eigenvalue weighted by molar-refractivity contribution is 0.104. The van der Waals surface area contributed by atoms with Crippen LogP contribution < -0.4 is 4.74 Å². The standard InChI is InChI=1S/C23H28N2O2/c1-24-13-4-14-25(16-15-24)18-20-5-3-6-21(17-20)23(26)12-9-19-7-10-22(27-2)11-8-19/h3,5-12,17H,4,13-16,18H2,1-2H3/b12-9+. The lowest BCUT2D eigenvalue weighted by Crippen LogP contribution is -2.28. The number of hydrogen-bond donors (Lipinski definition) is 0. The third-order valence-corrected chi connectivity index (χ3v) is 4.97. The number of ether oxygens (including phenoxy) is 1. The molecular weight excluding hydrogens is 336 g/mol. The van der Waals surface area contributed by atoms with Crippen molar-refractivity contribution < 1.29 is 9.53 Å². The first kappa shape index (κ1) is 19.3. The molecule has 0 aliphatic carbocycles. The number of nitrogens with zero attached hydrogens (tertiary/aromatic N) is 2. The van der Waals surface area contributed by atoms with E-state index in [0.717, 1.165) is 49.6 Å². The zero-order chi connectivity index (χ0) is 19.1. The first-order chi connectivity index (χ1) is 13.1. The minimum atomic E-state index is 0.0308. The maximum atomic E-state index is 12.6. The van der Waals surface area contributed by atoms with Crippen molar-refractivity contribution >= 4 is 11.9 Å². The van der Waals surface area contributed by atoms with Gasteiger partial charge in [-0.05, 0) is 62.0 Å².